The van der Waals surface area contributed by atoms with Crippen molar-refractivity contribution in [2.24, 2.45) is 0 Å². The van der Waals surface area contributed by atoms with Gasteiger partial charge in [-0.15, -0.1) is 0 Å². The Hall–Kier alpha value is -0.290. The predicted octanol–water partition coefficient (Wildman–Crippen LogP) is 5.05. The summed E-state index contributed by atoms with van der Waals surface area (Å²) >= 11 is 12.9. The minimum atomic E-state index is -0.416. The van der Waals surface area contributed by atoms with Crippen molar-refractivity contribution < 1.29 is 9.52 Å². The monoisotopic (exact) mass is 392 g/mol. The molecule has 0 spiro atoms. The van der Waals surface area contributed by atoms with Crippen LogP contribution in [0.15, 0.2) is 37.6 Å². The highest BCUT2D eigenvalue weighted by Gasteiger charge is 2.14. The van der Waals surface area contributed by atoms with Gasteiger partial charge in [0.1, 0.15) is 11.5 Å². The van der Waals surface area contributed by atoms with E-state index in [-0.39, 0.29) is 0 Å². The van der Waals surface area contributed by atoms with Gasteiger partial charge in [-0.2, -0.15) is 0 Å². The number of benzene rings is 1. The molecule has 0 amide bonds. The van der Waals surface area contributed by atoms with Gasteiger partial charge in [0.15, 0.2) is 0 Å². The first-order valence-corrected chi connectivity index (χ1v) is 7.35. The summed E-state index contributed by atoms with van der Waals surface area (Å²) in [6.45, 7) is 1.73. The molecule has 2 nitrogen and oxygen atoms in total. The molecular weight excluding hydrogens is 383 g/mol. The molecule has 0 aliphatic heterocycles. The van der Waals surface area contributed by atoms with Crippen LogP contribution in [0, 0.1) is 0 Å². The molecule has 0 saturated carbocycles. The highest BCUT2D eigenvalue weighted by Crippen LogP contribution is 2.38. The second kappa shape index (κ2) is 5.78. The fourth-order valence-electron chi connectivity index (χ4n) is 1.69. The molecule has 1 N–H and O–H groups in total. The fraction of sp³-hybridized carbons (Fsp3) is 0.231. The summed E-state index contributed by atoms with van der Waals surface area (Å²) in [6.07, 6.45) is 0.0872. The van der Waals surface area contributed by atoms with Crippen LogP contribution < -0.4 is 0 Å². The molecule has 18 heavy (non-hydrogen) atoms. The smallest absolute Gasteiger partial charge is 0.136 e. The SMILES string of the molecule is CC(O)Cc1ccc(-c2c(Br)cc(Cl)cc2Br)o1. The Kier molecular flexibility index (Phi) is 4.54. The molecule has 2 aromatic rings. The summed E-state index contributed by atoms with van der Waals surface area (Å²) in [5.74, 6) is 1.50. The molecule has 2 rings (SSSR count). The quantitative estimate of drug-likeness (QED) is 0.790. The van der Waals surface area contributed by atoms with Crippen molar-refractivity contribution in [3.63, 3.8) is 0 Å². The van der Waals surface area contributed by atoms with Gasteiger partial charge in [-0.25, -0.2) is 0 Å². The van der Waals surface area contributed by atoms with Gasteiger partial charge in [0.25, 0.3) is 0 Å². The third-order valence-corrected chi connectivity index (χ3v) is 3.88. The summed E-state index contributed by atoms with van der Waals surface area (Å²) in [5.41, 5.74) is 0.913. The van der Waals surface area contributed by atoms with E-state index in [4.69, 9.17) is 16.0 Å². The Balaban J connectivity index is 2.40. The van der Waals surface area contributed by atoms with Crippen LogP contribution in [-0.2, 0) is 6.42 Å². The van der Waals surface area contributed by atoms with E-state index in [1.54, 1.807) is 6.92 Å². The molecule has 1 aromatic heterocycles. The van der Waals surface area contributed by atoms with Crippen LogP contribution in [0.2, 0.25) is 5.02 Å². The molecule has 0 fully saturated rings. The van der Waals surface area contributed by atoms with E-state index in [1.165, 1.54) is 0 Å². The second-order valence-electron chi connectivity index (χ2n) is 4.06. The minimum Gasteiger partial charge on any atom is -0.461 e. The van der Waals surface area contributed by atoms with Gasteiger partial charge in [0.05, 0.1) is 6.10 Å². The van der Waals surface area contributed by atoms with E-state index in [9.17, 15) is 5.11 Å². The van der Waals surface area contributed by atoms with E-state index in [1.807, 2.05) is 24.3 Å². The van der Waals surface area contributed by atoms with Crippen molar-refractivity contribution >= 4 is 43.5 Å². The number of rotatable bonds is 3. The van der Waals surface area contributed by atoms with Crippen LogP contribution in [0.5, 0.6) is 0 Å². The highest BCUT2D eigenvalue weighted by molar-refractivity contribution is 9.11. The summed E-state index contributed by atoms with van der Waals surface area (Å²) in [6, 6.07) is 7.39. The summed E-state index contributed by atoms with van der Waals surface area (Å²) in [5, 5.41) is 9.98. The van der Waals surface area contributed by atoms with Crippen LogP contribution in [0.4, 0.5) is 0 Å². The fourth-order valence-corrected chi connectivity index (χ4v) is 3.75. The summed E-state index contributed by atoms with van der Waals surface area (Å²) in [7, 11) is 0. The molecule has 1 heterocycles. The van der Waals surface area contributed by atoms with Gasteiger partial charge in [-0.1, -0.05) is 11.6 Å². The number of furan rings is 1. The van der Waals surface area contributed by atoms with Crippen molar-refractivity contribution in [2.45, 2.75) is 19.4 Å². The second-order valence-corrected chi connectivity index (χ2v) is 6.21. The lowest BCUT2D eigenvalue weighted by molar-refractivity contribution is 0.187. The topological polar surface area (TPSA) is 33.4 Å². The zero-order valence-corrected chi connectivity index (χ0v) is 13.5. The Labute approximate surface area is 127 Å². The molecule has 1 aromatic carbocycles. The van der Waals surface area contributed by atoms with Gasteiger partial charge < -0.3 is 9.52 Å². The first-order valence-electron chi connectivity index (χ1n) is 5.39. The summed E-state index contributed by atoms with van der Waals surface area (Å²) < 4.78 is 7.44. The Morgan fingerprint density at radius 1 is 1.28 bits per heavy atom. The Morgan fingerprint density at radius 3 is 2.44 bits per heavy atom. The van der Waals surface area contributed by atoms with Crippen LogP contribution in [0.25, 0.3) is 11.3 Å². The van der Waals surface area contributed by atoms with Crippen molar-refractivity contribution in [3.8, 4) is 11.3 Å². The van der Waals surface area contributed by atoms with E-state index in [2.05, 4.69) is 31.9 Å². The molecule has 0 radical (unpaired) electrons. The Morgan fingerprint density at radius 2 is 1.89 bits per heavy atom. The number of hydrogen-bond acceptors (Lipinski definition) is 2. The Bertz CT molecular complexity index is 541. The average molecular weight is 394 g/mol. The van der Waals surface area contributed by atoms with Gasteiger partial charge >= 0.3 is 0 Å². The van der Waals surface area contributed by atoms with Crippen molar-refractivity contribution in [1.29, 1.82) is 0 Å². The standard InChI is InChI=1S/C13H11Br2ClO2/c1-7(17)4-9-2-3-12(18-9)13-10(14)5-8(16)6-11(13)15/h2-3,5-7,17H,4H2,1H3. The number of aliphatic hydroxyl groups is 1. The average Bonchev–Trinajstić information content (AvgIpc) is 2.63. The molecule has 5 heteroatoms. The van der Waals surface area contributed by atoms with Crippen LogP contribution >= 0.6 is 43.5 Å². The largest absolute Gasteiger partial charge is 0.461 e. The first-order chi connectivity index (χ1) is 8.47. The van der Waals surface area contributed by atoms with Crippen molar-refractivity contribution in [2.75, 3.05) is 0 Å². The summed E-state index contributed by atoms with van der Waals surface area (Å²) in [4.78, 5) is 0. The van der Waals surface area contributed by atoms with Crippen molar-refractivity contribution in [1.82, 2.24) is 0 Å². The molecule has 96 valence electrons. The number of hydrogen-bond donors (Lipinski definition) is 1. The maximum absolute atomic E-state index is 9.34. The molecule has 0 aliphatic carbocycles. The van der Waals surface area contributed by atoms with E-state index in [0.29, 0.717) is 11.4 Å². The zero-order chi connectivity index (χ0) is 13.3. The highest BCUT2D eigenvalue weighted by atomic mass is 79.9. The predicted molar refractivity (Wildman–Crippen MR) is 79.9 cm³/mol. The normalized spacial score (nSPS) is 12.7. The lowest BCUT2D eigenvalue weighted by Gasteiger charge is -2.06. The van der Waals surface area contributed by atoms with Gasteiger partial charge in [-0.3, -0.25) is 0 Å². The first kappa shape index (κ1) is 14.1. The third-order valence-electron chi connectivity index (χ3n) is 2.41. The van der Waals surface area contributed by atoms with Gasteiger partial charge in [-0.05, 0) is 63.0 Å². The minimum absolute atomic E-state index is 0.416. The van der Waals surface area contributed by atoms with Gasteiger partial charge in [0, 0.05) is 26.0 Å². The lowest BCUT2D eigenvalue weighted by atomic mass is 10.2. The molecule has 1 atom stereocenters. The van der Waals surface area contributed by atoms with Crippen LogP contribution in [0.1, 0.15) is 12.7 Å². The van der Waals surface area contributed by atoms with E-state index < -0.39 is 6.10 Å². The third kappa shape index (κ3) is 3.18. The van der Waals surface area contributed by atoms with Crippen LogP contribution in [0.3, 0.4) is 0 Å². The number of aliphatic hydroxyl groups excluding tert-OH is 1. The van der Waals surface area contributed by atoms with Crippen molar-refractivity contribution in [3.05, 3.63) is 44.0 Å². The zero-order valence-electron chi connectivity index (χ0n) is 9.58. The van der Waals surface area contributed by atoms with E-state index >= 15 is 0 Å². The molecule has 0 aliphatic rings. The van der Waals surface area contributed by atoms with E-state index in [0.717, 1.165) is 26.0 Å². The molecule has 0 bridgehead atoms. The molecule has 0 saturated heterocycles. The maximum atomic E-state index is 9.34. The molecule has 1 unspecified atom stereocenters. The maximum Gasteiger partial charge on any atom is 0.136 e. The van der Waals surface area contributed by atoms with Crippen LogP contribution in [-0.4, -0.2) is 11.2 Å². The lowest BCUT2D eigenvalue weighted by Crippen LogP contribution is -2.02. The van der Waals surface area contributed by atoms with Gasteiger partial charge in [0.2, 0.25) is 0 Å². The molecular formula is C13H11Br2ClO2. The number of halogens is 3.